The molecular weight excluding hydrogens is 563 g/mol. The summed E-state index contributed by atoms with van der Waals surface area (Å²) in [6.45, 7) is 5.79. The maximum absolute atomic E-state index is 13.3. The number of nitrogens with zero attached hydrogens (tertiary/aromatic N) is 4. The van der Waals surface area contributed by atoms with Crippen LogP contribution in [0.3, 0.4) is 0 Å². The molecule has 2 aliphatic carbocycles. The highest BCUT2D eigenvalue weighted by molar-refractivity contribution is 6.31. The minimum absolute atomic E-state index is 0.0226. The van der Waals surface area contributed by atoms with E-state index in [1.807, 2.05) is 57.2 Å². The van der Waals surface area contributed by atoms with E-state index >= 15 is 0 Å². The number of allylic oxidation sites excluding steroid dienone is 2. The van der Waals surface area contributed by atoms with Crippen molar-refractivity contribution in [1.29, 1.82) is 0 Å². The zero-order valence-electron chi connectivity index (χ0n) is 24.4. The molecule has 1 heterocycles. The summed E-state index contributed by atoms with van der Waals surface area (Å²) in [5.74, 6) is 1.47. The van der Waals surface area contributed by atoms with Gasteiger partial charge in [0.2, 0.25) is 0 Å². The van der Waals surface area contributed by atoms with E-state index < -0.39 is 24.8 Å². The van der Waals surface area contributed by atoms with Gasteiger partial charge in [0.05, 0.1) is 19.5 Å². The summed E-state index contributed by atoms with van der Waals surface area (Å²) in [4.78, 5) is 18.3. The van der Waals surface area contributed by atoms with Crippen LogP contribution in [0.1, 0.15) is 63.5 Å². The van der Waals surface area contributed by atoms with Gasteiger partial charge >= 0.3 is 11.9 Å². The van der Waals surface area contributed by atoms with Gasteiger partial charge in [-0.1, -0.05) is 73.5 Å². The van der Waals surface area contributed by atoms with Gasteiger partial charge in [0.15, 0.2) is 5.82 Å². The average molecular weight is 602 g/mol. The van der Waals surface area contributed by atoms with Crippen LogP contribution in [0.4, 0.5) is 13.2 Å². The lowest BCUT2D eigenvalue weighted by atomic mass is 9.80. The molecule has 6 nitrogen and oxygen atoms in total. The van der Waals surface area contributed by atoms with Crippen LogP contribution in [0.5, 0.6) is 0 Å². The Hall–Kier alpha value is -3.33. The number of alkyl halides is 3. The molecule has 3 aromatic rings. The molecule has 1 unspecified atom stereocenters. The normalized spacial score (nSPS) is 19.4. The first-order chi connectivity index (χ1) is 20.1. The van der Waals surface area contributed by atoms with Crippen molar-refractivity contribution >= 4 is 17.3 Å². The van der Waals surface area contributed by atoms with Crippen LogP contribution in [0.2, 0.25) is 5.02 Å². The minimum Gasteiger partial charge on any atom is -0.400 e. The number of halogens is 4. The Labute approximate surface area is 250 Å². The molecule has 0 saturated heterocycles. The van der Waals surface area contributed by atoms with E-state index in [1.54, 1.807) is 12.1 Å². The largest absolute Gasteiger partial charge is 0.400 e. The lowest BCUT2D eigenvalue weighted by Gasteiger charge is -2.27. The highest BCUT2D eigenvalue weighted by Crippen LogP contribution is 2.44. The van der Waals surface area contributed by atoms with Crippen LogP contribution in [-0.2, 0) is 19.6 Å². The van der Waals surface area contributed by atoms with Crippen molar-refractivity contribution in [2.45, 2.75) is 85.1 Å². The number of hydrogen-bond donors (Lipinski definition) is 1. The zero-order valence-corrected chi connectivity index (χ0v) is 25.2. The molecule has 2 aliphatic rings. The average Bonchev–Trinajstić information content (AvgIpc) is 3.77. The molecule has 10 heteroatoms. The quantitative estimate of drug-likeness (QED) is 0.287. The Bertz CT molecular complexity index is 1480. The van der Waals surface area contributed by atoms with E-state index in [0.29, 0.717) is 28.7 Å². The monoisotopic (exact) mass is 601 g/mol. The Morgan fingerprint density at radius 2 is 1.76 bits per heavy atom. The first kappa shape index (κ1) is 31.6. The van der Waals surface area contributed by atoms with E-state index in [-0.39, 0.29) is 12.4 Å². The molecule has 2 saturated carbocycles. The fraction of sp³-hybridized carbons (Fsp3) is 0.469. The Kier molecular flexibility index (Phi) is 10.4. The Morgan fingerprint density at radius 1 is 1.07 bits per heavy atom. The maximum atomic E-state index is 13.3. The number of benzene rings is 2. The topological polar surface area (TPSA) is 78.2 Å². The van der Waals surface area contributed by atoms with Crippen LogP contribution < -0.4 is 11.4 Å². The molecule has 0 amide bonds. The molecule has 0 bridgehead atoms. The lowest BCUT2D eigenvalue weighted by molar-refractivity contribution is -0.136. The van der Waals surface area contributed by atoms with E-state index in [9.17, 15) is 18.0 Å². The summed E-state index contributed by atoms with van der Waals surface area (Å²) in [7, 11) is 0. The molecule has 0 spiro atoms. The second-order valence-electron chi connectivity index (χ2n) is 10.8. The number of aromatic nitrogens is 3. The van der Waals surface area contributed by atoms with Crippen LogP contribution in [0, 0.1) is 18.8 Å². The third-order valence-electron chi connectivity index (χ3n) is 7.81. The van der Waals surface area contributed by atoms with E-state index in [4.69, 9.17) is 22.3 Å². The van der Waals surface area contributed by atoms with E-state index in [2.05, 4.69) is 5.10 Å². The van der Waals surface area contributed by atoms with Crippen LogP contribution >= 0.6 is 11.6 Å². The van der Waals surface area contributed by atoms with Crippen molar-refractivity contribution in [3.63, 3.8) is 0 Å². The van der Waals surface area contributed by atoms with Crippen molar-refractivity contribution in [2.75, 3.05) is 0 Å². The number of aryl methyl sites for hydroxylation is 1. The summed E-state index contributed by atoms with van der Waals surface area (Å²) < 4.78 is 41.5. The van der Waals surface area contributed by atoms with Crippen LogP contribution in [0.25, 0.3) is 11.4 Å². The third kappa shape index (κ3) is 7.94. The summed E-state index contributed by atoms with van der Waals surface area (Å²) >= 11 is 6.36. The highest BCUT2D eigenvalue weighted by atomic mass is 35.5. The van der Waals surface area contributed by atoms with Crippen molar-refractivity contribution in [3.8, 4) is 11.4 Å². The van der Waals surface area contributed by atoms with Gasteiger partial charge in [-0.25, -0.2) is 9.48 Å². The van der Waals surface area contributed by atoms with Gasteiger partial charge < -0.3 is 5.73 Å². The highest BCUT2D eigenvalue weighted by Gasteiger charge is 2.35. The molecule has 2 N–H and O–H groups in total. The molecule has 2 fully saturated rings. The van der Waals surface area contributed by atoms with Gasteiger partial charge in [-0.05, 0) is 68.1 Å². The fourth-order valence-electron chi connectivity index (χ4n) is 5.39. The molecule has 2 aromatic carbocycles. The van der Waals surface area contributed by atoms with Crippen molar-refractivity contribution in [3.05, 3.63) is 86.4 Å². The summed E-state index contributed by atoms with van der Waals surface area (Å²) in [6.07, 6.45) is -0.504. The van der Waals surface area contributed by atoms with Gasteiger partial charge in [0.25, 0.3) is 0 Å². The molecule has 5 rings (SSSR count). The molecule has 1 aromatic heterocycles. The second-order valence-corrected chi connectivity index (χ2v) is 11.3. The molecule has 226 valence electrons. The van der Waals surface area contributed by atoms with Gasteiger partial charge in [-0.3, -0.25) is 9.56 Å². The number of rotatable bonds is 8. The maximum Gasteiger partial charge on any atom is 0.390 e. The van der Waals surface area contributed by atoms with Crippen molar-refractivity contribution < 1.29 is 13.2 Å². The smallest absolute Gasteiger partial charge is 0.390 e. The summed E-state index contributed by atoms with van der Waals surface area (Å²) in [6, 6.07) is 14.8. The molecular formula is C32H39ClF3N5O. The molecule has 0 aliphatic heterocycles. The predicted octanol–water partition coefficient (Wildman–Crippen LogP) is 7.72. The first-order valence-corrected chi connectivity index (χ1v) is 15.0. The fourth-order valence-corrected chi connectivity index (χ4v) is 5.58. The minimum atomic E-state index is -4.40. The second kappa shape index (κ2) is 13.8. The standard InChI is InChI=1S/C30H33ClF3N5O.C2H6/c1-19-6-8-21(9-7-19)28-37-39(29(40)38(28)15-14-30(32,33)34)18-26(35)24-13-12-22(20-10-11-20)16-27(24)36-17-23-4-2-3-5-25(23)31;1-2/h2-9,20,22H,10-18,35H2,1H3;1-2H3/b26-24-,36-27?;. The Morgan fingerprint density at radius 3 is 2.40 bits per heavy atom. The van der Waals surface area contributed by atoms with Crippen molar-refractivity contribution in [1.82, 2.24) is 14.3 Å². The SMILES string of the molecule is CC.Cc1ccc(-c2nn(C/C(N)=C3\CCC(C4CC4)CC3=NCc3ccccc3Cl)c(=O)n2CCC(F)(F)F)cc1. The summed E-state index contributed by atoms with van der Waals surface area (Å²) in [5, 5.41) is 5.11. The van der Waals surface area contributed by atoms with E-state index in [0.717, 1.165) is 52.2 Å². The van der Waals surface area contributed by atoms with Gasteiger partial charge in [-0.2, -0.15) is 13.2 Å². The molecule has 1 atom stereocenters. The van der Waals surface area contributed by atoms with Gasteiger partial charge in [-0.15, -0.1) is 5.10 Å². The third-order valence-corrected chi connectivity index (χ3v) is 8.18. The number of nitrogens with two attached hydrogens (primary N) is 1. The summed E-state index contributed by atoms with van der Waals surface area (Å²) in [5.41, 5.74) is 10.8. The van der Waals surface area contributed by atoms with E-state index in [1.165, 1.54) is 17.5 Å². The zero-order chi connectivity index (χ0) is 30.4. The number of hydrogen-bond acceptors (Lipinski definition) is 4. The Balaban J connectivity index is 0.00000198. The van der Waals surface area contributed by atoms with Gasteiger partial charge in [0.1, 0.15) is 0 Å². The van der Waals surface area contributed by atoms with Crippen LogP contribution in [-0.4, -0.2) is 26.2 Å². The molecule has 42 heavy (non-hydrogen) atoms. The predicted molar refractivity (Wildman–Crippen MR) is 163 cm³/mol. The number of aliphatic imine (C=N–C) groups is 1. The van der Waals surface area contributed by atoms with Crippen molar-refractivity contribution in [2.24, 2.45) is 22.6 Å². The lowest BCUT2D eigenvalue weighted by Crippen LogP contribution is -2.30. The van der Waals surface area contributed by atoms with Gasteiger partial charge in [0, 0.05) is 28.5 Å². The first-order valence-electron chi connectivity index (χ1n) is 14.6. The van der Waals surface area contributed by atoms with Crippen LogP contribution in [0.15, 0.2) is 69.6 Å². The molecule has 0 radical (unpaired) electrons.